The van der Waals surface area contributed by atoms with Gasteiger partial charge < -0.3 is 22.1 Å². The molecular formula is C12H26N4O2. The summed E-state index contributed by atoms with van der Waals surface area (Å²) in [5.41, 5.74) is 10.6. The van der Waals surface area contributed by atoms with Crippen molar-refractivity contribution in [2.75, 3.05) is 26.2 Å². The fourth-order valence-electron chi connectivity index (χ4n) is 1.62. The Balaban J connectivity index is 4.19. The van der Waals surface area contributed by atoms with Gasteiger partial charge in [0.1, 0.15) is 0 Å². The molecule has 0 saturated heterocycles. The number of nitrogens with two attached hydrogens (primary N) is 2. The molecule has 0 heterocycles. The Morgan fingerprint density at radius 1 is 1.11 bits per heavy atom. The summed E-state index contributed by atoms with van der Waals surface area (Å²) in [5.74, 6) is -0.476. The van der Waals surface area contributed by atoms with E-state index in [0.717, 1.165) is 19.3 Å². The van der Waals surface area contributed by atoms with Crippen molar-refractivity contribution in [3.05, 3.63) is 0 Å². The molecule has 0 aromatic heterocycles. The molecule has 0 spiro atoms. The van der Waals surface area contributed by atoms with Gasteiger partial charge in [-0.15, -0.1) is 0 Å². The van der Waals surface area contributed by atoms with E-state index in [4.69, 9.17) is 11.5 Å². The number of hydrogen-bond donors (Lipinski definition) is 4. The van der Waals surface area contributed by atoms with Gasteiger partial charge in [0.15, 0.2) is 0 Å². The summed E-state index contributed by atoms with van der Waals surface area (Å²) >= 11 is 0. The number of rotatable bonds is 10. The molecule has 0 bridgehead atoms. The molecule has 0 fully saturated rings. The molecule has 0 saturated carbocycles. The van der Waals surface area contributed by atoms with E-state index in [2.05, 4.69) is 17.6 Å². The molecule has 6 heteroatoms. The molecule has 0 aliphatic carbocycles. The highest BCUT2D eigenvalue weighted by Gasteiger charge is 2.20. The number of carbonyl (C=O) groups excluding carboxylic acids is 2. The molecule has 18 heavy (non-hydrogen) atoms. The second-order valence-corrected chi connectivity index (χ2v) is 4.26. The molecule has 0 aliphatic heterocycles. The van der Waals surface area contributed by atoms with E-state index < -0.39 is 0 Å². The van der Waals surface area contributed by atoms with Crippen LogP contribution in [0.5, 0.6) is 0 Å². The highest BCUT2D eigenvalue weighted by molar-refractivity contribution is 5.85. The molecule has 0 aromatic rings. The van der Waals surface area contributed by atoms with Crippen molar-refractivity contribution in [3.63, 3.8) is 0 Å². The second-order valence-electron chi connectivity index (χ2n) is 4.26. The fourth-order valence-corrected chi connectivity index (χ4v) is 1.62. The number of hydrogen-bond acceptors (Lipinski definition) is 4. The van der Waals surface area contributed by atoms with E-state index in [9.17, 15) is 9.59 Å². The minimum Gasteiger partial charge on any atom is -0.355 e. The largest absolute Gasteiger partial charge is 0.355 e. The van der Waals surface area contributed by atoms with Gasteiger partial charge in [-0.1, -0.05) is 19.8 Å². The Kier molecular flexibility index (Phi) is 10.3. The maximum absolute atomic E-state index is 11.8. The topological polar surface area (TPSA) is 110 Å². The van der Waals surface area contributed by atoms with Crippen molar-refractivity contribution in [1.29, 1.82) is 0 Å². The summed E-state index contributed by atoms with van der Waals surface area (Å²) in [6, 6.07) is 0. The molecule has 2 amide bonds. The van der Waals surface area contributed by atoms with Crippen LogP contribution < -0.4 is 22.1 Å². The lowest BCUT2D eigenvalue weighted by Gasteiger charge is -2.16. The zero-order valence-corrected chi connectivity index (χ0v) is 11.2. The van der Waals surface area contributed by atoms with Gasteiger partial charge in [0.25, 0.3) is 0 Å². The van der Waals surface area contributed by atoms with Crippen molar-refractivity contribution in [2.24, 2.45) is 17.4 Å². The molecule has 106 valence electrons. The van der Waals surface area contributed by atoms with E-state index in [1.54, 1.807) is 0 Å². The number of unbranched alkanes of at least 4 members (excludes halogenated alkanes) is 1. The van der Waals surface area contributed by atoms with Gasteiger partial charge in [-0.3, -0.25) is 9.59 Å². The summed E-state index contributed by atoms with van der Waals surface area (Å²) in [4.78, 5) is 23.4. The predicted octanol–water partition coefficient (Wildman–Crippen LogP) is -0.667. The minimum absolute atomic E-state index is 0.0863. The number of nitrogens with one attached hydrogen (secondary N) is 2. The summed E-state index contributed by atoms with van der Waals surface area (Å²) in [6.07, 6.45) is 2.88. The van der Waals surface area contributed by atoms with Gasteiger partial charge in [-0.25, -0.2) is 0 Å². The molecule has 1 unspecified atom stereocenters. The van der Waals surface area contributed by atoms with Crippen molar-refractivity contribution >= 4 is 11.8 Å². The van der Waals surface area contributed by atoms with Gasteiger partial charge in [-0.2, -0.15) is 0 Å². The summed E-state index contributed by atoms with van der Waals surface area (Å²) in [5, 5.41) is 5.42. The highest BCUT2D eigenvalue weighted by Crippen LogP contribution is 2.13. The van der Waals surface area contributed by atoms with Crippen LogP contribution in [-0.2, 0) is 9.59 Å². The SMILES string of the molecule is CCCCC(CC(=O)NCCN)C(=O)NCCN. The van der Waals surface area contributed by atoms with Crippen LogP contribution in [0.25, 0.3) is 0 Å². The molecule has 0 radical (unpaired) electrons. The molecule has 0 aromatic carbocycles. The van der Waals surface area contributed by atoms with Crippen molar-refractivity contribution < 1.29 is 9.59 Å². The lowest BCUT2D eigenvalue weighted by molar-refractivity contribution is -0.130. The number of carbonyl (C=O) groups is 2. The lowest BCUT2D eigenvalue weighted by Crippen LogP contribution is -2.38. The average molecular weight is 258 g/mol. The Hall–Kier alpha value is -1.14. The van der Waals surface area contributed by atoms with Crippen molar-refractivity contribution in [1.82, 2.24) is 10.6 Å². The number of amides is 2. The highest BCUT2D eigenvalue weighted by atomic mass is 16.2. The van der Waals surface area contributed by atoms with Gasteiger partial charge >= 0.3 is 0 Å². The van der Waals surface area contributed by atoms with Crippen LogP contribution in [0, 0.1) is 5.92 Å². The van der Waals surface area contributed by atoms with Gasteiger partial charge in [-0.05, 0) is 6.42 Å². The zero-order chi connectivity index (χ0) is 13.8. The van der Waals surface area contributed by atoms with Crippen LogP contribution in [-0.4, -0.2) is 38.0 Å². The van der Waals surface area contributed by atoms with Crippen molar-refractivity contribution in [2.45, 2.75) is 32.6 Å². The molecule has 6 N–H and O–H groups in total. The van der Waals surface area contributed by atoms with Crippen LogP contribution in [0.2, 0.25) is 0 Å². The van der Waals surface area contributed by atoms with Crippen LogP contribution in [0.15, 0.2) is 0 Å². The smallest absolute Gasteiger partial charge is 0.223 e. The summed E-state index contributed by atoms with van der Waals surface area (Å²) in [6.45, 7) is 3.77. The van der Waals surface area contributed by atoms with Gasteiger partial charge in [0.2, 0.25) is 11.8 Å². The predicted molar refractivity (Wildman–Crippen MR) is 71.8 cm³/mol. The normalized spacial score (nSPS) is 11.9. The maximum Gasteiger partial charge on any atom is 0.223 e. The second kappa shape index (κ2) is 11.0. The third-order valence-corrected chi connectivity index (χ3v) is 2.62. The zero-order valence-electron chi connectivity index (χ0n) is 11.2. The fraction of sp³-hybridized carbons (Fsp3) is 0.833. The molecule has 0 aliphatic rings. The van der Waals surface area contributed by atoms with E-state index in [1.165, 1.54) is 0 Å². The Morgan fingerprint density at radius 3 is 2.28 bits per heavy atom. The quantitative estimate of drug-likeness (QED) is 0.416. The average Bonchev–Trinajstić information content (AvgIpc) is 2.38. The van der Waals surface area contributed by atoms with Crippen molar-refractivity contribution in [3.8, 4) is 0 Å². The minimum atomic E-state index is -0.269. The van der Waals surface area contributed by atoms with Crippen LogP contribution >= 0.6 is 0 Å². The third-order valence-electron chi connectivity index (χ3n) is 2.62. The first-order valence-electron chi connectivity index (χ1n) is 6.60. The Bertz CT molecular complexity index is 246. The molecule has 6 nitrogen and oxygen atoms in total. The molecular weight excluding hydrogens is 232 g/mol. The maximum atomic E-state index is 11.8. The van der Waals surface area contributed by atoms with Crippen LogP contribution in [0.3, 0.4) is 0 Å². The van der Waals surface area contributed by atoms with Crippen LogP contribution in [0.4, 0.5) is 0 Å². The first-order valence-corrected chi connectivity index (χ1v) is 6.60. The molecule has 0 rings (SSSR count). The molecule has 1 atom stereocenters. The summed E-state index contributed by atoms with van der Waals surface area (Å²) in [7, 11) is 0. The van der Waals surface area contributed by atoms with E-state index in [0.29, 0.717) is 26.2 Å². The Morgan fingerprint density at radius 2 is 1.72 bits per heavy atom. The lowest BCUT2D eigenvalue weighted by atomic mass is 9.97. The third kappa shape index (κ3) is 8.03. The van der Waals surface area contributed by atoms with E-state index in [-0.39, 0.29) is 24.2 Å². The first-order chi connectivity index (χ1) is 8.65. The Labute approximate surface area is 109 Å². The van der Waals surface area contributed by atoms with Crippen LogP contribution in [0.1, 0.15) is 32.6 Å². The monoisotopic (exact) mass is 258 g/mol. The standard InChI is InChI=1S/C12H26N4O2/c1-2-3-4-10(12(18)16-8-6-14)9-11(17)15-7-5-13/h10H,2-9,13-14H2,1H3,(H,15,17)(H,16,18). The van der Waals surface area contributed by atoms with Gasteiger partial charge in [0.05, 0.1) is 0 Å². The van der Waals surface area contributed by atoms with Gasteiger partial charge in [0, 0.05) is 38.5 Å². The summed E-state index contributed by atoms with van der Waals surface area (Å²) < 4.78 is 0. The van der Waals surface area contributed by atoms with E-state index in [1.807, 2.05) is 0 Å². The van der Waals surface area contributed by atoms with E-state index >= 15 is 0 Å². The first kappa shape index (κ1) is 16.9.